The third-order valence-electron chi connectivity index (χ3n) is 3.63. The summed E-state index contributed by atoms with van der Waals surface area (Å²) >= 11 is 3.64. The van der Waals surface area contributed by atoms with Crippen molar-refractivity contribution in [3.8, 4) is 0 Å². The van der Waals surface area contributed by atoms with E-state index in [1.165, 1.54) is 31.4 Å². The second-order valence-electron chi connectivity index (χ2n) is 5.39. The molecule has 1 fully saturated rings. The Morgan fingerprint density at radius 3 is 2.82 bits per heavy atom. The van der Waals surface area contributed by atoms with Crippen LogP contribution in [-0.2, 0) is 0 Å². The number of rotatable bonds is 2. The molecule has 1 aromatic heterocycles. The molecule has 2 N–H and O–H groups in total. The molecule has 1 aliphatic carbocycles. The smallest absolute Gasteiger partial charge is 0.0635 e. The molecule has 0 spiro atoms. The SMILES string of the molecule is CC(C)n1ncc(Br)c1C1CCCCC(N)C1. The lowest BCUT2D eigenvalue weighted by molar-refractivity contribution is 0.450. The topological polar surface area (TPSA) is 43.8 Å². The first-order valence-electron chi connectivity index (χ1n) is 6.58. The Hall–Kier alpha value is -0.350. The molecule has 1 heterocycles. The van der Waals surface area contributed by atoms with E-state index in [0.717, 1.165) is 10.9 Å². The minimum atomic E-state index is 0.352. The molecule has 2 atom stereocenters. The van der Waals surface area contributed by atoms with Crippen molar-refractivity contribution >= 4 is 15.9 Å². The van der Waals surface area contributed by atoms with E-state index >= 15 is 0 Å². The highest BCUT2D eigenvalue weighted by atomic mass is 79.9. The normalized spacial score (nSPS) is 26.2. The standard InChI is InChI=1S/C13H22BrN3/c1-9(2)17-13(12(14)8-16-17)10-5-3-4-6-11(15)7-10/h8-11H,3-7,15H2,1-2H3. The van der Waals surface area contributed by atoms with Crippen LogP contribution in [0.1, 0.15) is 63.6 Å². The van der Waals surface area contributed by atoms with E-state index in [2.05, 4.69) is 39.6 Å². The molecule has 0 saturated heterocycles. The molecule has 0 bridgehead atoms. The molecule has 2 unspecified atom stereocenters. The second-order valence-corrected chi connectivity index (χ2v) is 6.25. The molecule has 0 amide bonds. The summed E-state index contributed by atoms with van der Waals surface area (Å²) in [6.07, 6.45) is 7.98. The molecule has 4 heteroatoms. The van der Waals surface area contributed by atoms with Gasteiger partial charge < -0.3 is 5.73 Å². The summed E-state index contributed by atoms with van der Waals surface area (Å²) in [7, 11) is 0. The van der Waals surface area contributed by atoms with E-state index < -0.39 is 0 Å². The van der Waals surface area contributed by atoms with Crippen molar-refractivity contribution in [3.05, 3.63) is 16.4 Å². The van der Waals surface area contributed by atoms with Crippen LogP contribution in [-0.4, -0.2) is 15.8 Å². The molecule has 0 radical (unpaired) electrons. The number of hydrogen-bond donors (Lipinski definition) is 1. The van der Waals surface area contributed by atoms with Gasteiger partial charge in [0.2, 0.25) is 0 Å². The number of hydrogen-bond acceptors (Lipinski definition) is 2. The van der Waals surface area contributed by atoms with Crippen molar-refractivity contribution in [2.45, 2.75) is 64.0 Å². The first-order valence-corrected chi connectivity index (χ1v) is 7.37. The van der Waals surface area contributed by atoms with Crippen molar-refractivity contribution in [2.75, 3.05) is 0 Å². The molecular weight excluding hydrogens is 278 g/mol. The van der Waals surface area contributed by atoms with Crippen molar-refractivity contribution in [1.29, 1.82) is 0 Å². The Labute approximate surface area is 112 Å². The Balaban J connectivity index is 2.28. The first-order chi connectivity index (χ1) is 8.09. The zero-order valence-electron chi connectivity index (χ0n) is 10.7. The monoisotopic (exact) mass is 299 g/mol. The van der Waals surface area contributed by atoms with E-state index in [9.17, 15) is 0 Å². The highest BCUT2D eigenvalue weighted by Crippen LogP contribution is 2.36. The molecule has 96 valence electrons. The number of nitrogens with two attached hydrogens (primary N) is 1. The van der Waals surface area contributed by atoms with Crippen LogP contribution in [0.25, 0.3) is 0 Å². The minimum Gasteiger partial charge on any atom is -0.328 e. The number of aromatic nitrogens is 2. The van der Waals surface area contributed by atoms with Crippen LogP contribution in [0.15, 0.2) is 10.7 Å². The summed E-state index contributed by atoms with van der Waals surface area (Å²) in [5.41, 5.74) is 7.51. The Morgan fingerprint density at radius 2 is 2.12 bits per heavy atom. The lowest BCUT2D eigenvalue weighted by atomic mass is 9.94. The summed E-state index contributed by atoms with van der Waals surface area (Å²) in [6, 6.07) is 0.765. The van der Waals surface area contributed by atoms with Gasteiger partial charge in [-0.05, 0) is 49.0 Å². The van der Waals surface area contributed by atoms with Crippen molar-refractivity contribution in [3.63, 3.8) is 0 Å². The van der Waals surface area contributed by atoms with E-state index in [-0.39, 0.29) is 0 Å². The van der Waals surface area contributed by atoms with Gasteiger partial charge in [-0.25, -0.2) is 0 Å². The van der Waals surface area contributed by atoms with E-state index in [0.29, 0.717) is 18.0 Å². The van der Waals surface area contributed by atoms with Gasteiger partial charge in [-0.3, -0.25) is 4.68 Å². The largest absolute Gasteiger partial charge is 0.328 e. The summed E-state index contributed by atoms with van der Waals surface area (Å²) in [5.74, 6) is 0.562. The zero-order chi connectivity index (χ0) is 12.4. The van der Waals surface area contributed by atoms with Gasteiger partial charge in [0.25, 0.3) is 0 Å². The van der Waals surface area contributed by atoms with Crippen molar-refractivity contribution in [1.82, 2.24) is 9.78 Å². The molecule has 3 nitrogen and oxygen atoms in total. The van der Waals surface area contributed by atoms with E-state index in [4.69, 9.17) is 5.73 Å². The average molecular weight is 300 g/mol. The van der Waals surface area contributed by atoms with Gasteiger partial charge in [-0.2, -0.15) is 5.10 Å². The summed E-state index contributed by atoms with van der Waals surface area (Å²) in [6.45, 7) is 4.36. The van der Waals surface area contributed by atoms with Gasteiger partial charge in [0.1, 0.15) is 0 Å². The van der Waals surface area contributed by atoms with Gasteiger partial charge in [0, 0.05) is 18.0 Å². The van der Waals surface area contributed by atoms with Crippen LogP contribution in [0, 0.1) is 0 Å². The van der Waals surface area contributed by atoms with Crippen LogP contribution in [0.3, 0.4) is 0 Å². The highest BCUT2D eigenvalue weighted by Gasteiger charge is 2.25. The highest BCUT2D eigenvalue weighted by molar-refractivity contribution is 9.10. The van der Waals surface area contributed by atoms with Gasteiger partial charge in [-0.1, -0.05) is 12.8 Å². The fourth-order valence-electron chi connectivity index (χ4n) is 2.79. The molecule has 1 saturated carbocycles. The molecule has 0 aliphatic heterocycles. The number of halogens is 1. The summed E-state index contributed by atoms with van der Waals surface area (Å²) in [4.78, 5) is 0. The lowest BCUT2D eigenvalue weighted by Gasteiger charge is -2.21. The maximum atomic E-state index is 6.16. The first kappa shape index (κ1) is 13.1. The van der Waals surface area contributed by atoms with Crippen molar-refractivity contribution in [2.24, 2.45) is 5.73 Å². The second kappa shape index (κ2) is 5.53. The van der Waals surface area contributed by atoms with Gasteiger partial charge in [-0.15, -0.1) is 0 Å². The van der Waals surface area contributed by atoms with Crippen LogP contribution in [0.2, 0.25) is 0 Å². The Bertz CT molecular complexity index is 373. The average Bonchev–Trinajstić information content (AvgIpc) is 2.52. The summed E-state index contributed by atoms with van der Waals surface area (Å²) in [5, 5.41) is 4.48. The molecule has 1 aromatic rings. The van der Waals surface area contributed by atoms with E-state index in [1.54, 1.807) is 0 Å². The zero-order valence-corrected chi connectivity index (χ0v) is 12.3. The van der Waals surface area contributed by atoms with Crippen LogP contribution in [0.5, 0.6) is 0 Å². The maximum Gasteiger partial charge on any atom is 0.0635 e. The third kappa shape index (κ3) is 2.91. The lowest BCUT2D eigenvalue weighted by Crippen LogP contribution is -2.22. The van der Waals surface area contributed by atoms with Crippen LogP contribution < -0.4 is 5.73 Å². The van der Waals surface area contributed by atoms with Gasteiger partial charge in [0.05, 0.1) is 16.4 Å². The van der Waals surface area contributed by atoms with Gasteiger partial charge >= 0.3 is 0 Å². The maximum absolute atomic E-state index is 6.16. The number of nitrogens with zero attached hydrogens (tertiary/aromatic N) is 2. The molecule has 2 rings (SSSR count). The molecule has 1 aliphatic rings. The molecule has 0 aromatic carbocycles. The molecule has 17 heavy (non-hydrogen) atoms. The summed E-state index contributed by atoms with van der Waals surface area (Å²) < 4.78 is 3.29. The third-order valence-corrected chi connectivity index (χ3v) is 4.24. The van der Waals surface area contributed by atoms with Gasteiger partial charge in [0.15, 0.2) is 0 Å². The van der Waals surface area contributed by atoms with Crippen LogP contribution >= 0.6 is 15.9 Å². The fourth-order valence-corrected chi connectivity index (χ4v) is 3.39. The Morgan fingerprint density at radius 1 is 1.41 bits per heavy atom. The fraction of sp³-hybridized carbons (Fsp3) is 0.769. The molecular formula is C13H22BrN3. The minimum absolute atomic E-state index is 0.352. The van der Waals surface area contributed by atoms with Crippen molar-refractivity contribution < 1.29 is 0 Å². The predicted molar refractivity (Wildman–Crippen MR) is 74.1 cm³/mol. The Kier molecular flexibility index (Phi) is 4.26. The van der Waals surface area contributed by atoms with E-state index in [1.807, 2.05) is 6.20 Å². The predicted octanol–water partition coefficient (Wildman–Crippen LogP) is 3.60. The quantitative estimate of drug-likeness (QED) is 0.848. The van der Waals surface area contributed by atoms with Crippen LogP contribution in [0.4, 0.5) is 0 Å².